The summed E-state index contributed by atoms with van der Waals surface area (Å²) in [5, 5.41) is 8.78. The van der Waals surface area contributed by atoms with E-state index in [-0.39, 0.29) is 30.7 Å². The van der Waals surface area contributed by atoms with E-state index in [1.807, 2.05) is 41.5 Å². The molecule has 6 atom stereocenters. The Balaban J connectivity index is 0.000000451. The second kappa shape index (κ2) is 9.39. The number of ether oxygens (including phenoxy) is 6. The third-order valence-corrected chi connectivity index (χ3v) is 4.98. The molecule has 32 heavy (non-hydrogen) atoms. The standard InChI is InChI=1S/C17H29NO7.C2HF3O2/c1-8(2)10(18)14(19)20-7-9-11-12(23-16(3,4)22-11)13-15(21-9)25-17(5,6)24-13;3-2(4,5)1(6)7/h8-13,15H,7,18H2,1-6H3;(H,6,7)/t9-,10+,11+,12+,13-,15-;/m1./s1. The van der Waals surface area contributed by atoms with E-state index >= 15 is 0 Å². The Morgan fingerprint density at radius 3 is 1.97 bits per heavy atom. The summed E-state index contributed by atoms with van der Waals surface area (Å²) in [5.41, 5.74) is 3.85. The van der Waals surface area contributed by atoms with Crippen LogP contribution in [-0.2, 0) is 38.0 Å². The smallest absolute Gasteiger partial charge is 0.430 e. The number of carboxylic acids is 1. The fourth-order valence-corrected chi connectivity index (χ4v) is 3.37. The van der Waals surface area contributed by atoms with Crippen molar-refractivity contribution < 1.29 is 62.0 Å². The van der Waals surface area contributed by atoms with Crippen LogP contribution in [0.25, 0.3) is 0 Å². The molecule has 3 aliphatic rings. The van der Waals surface area contributed by atoms with Gasteiger partial charge in [-0.15, -0.1) is 0 Å². The number of halogens is 3. The molecule has 186 valence electrons. The lowest BCUT2D eigenvalue weighted by atomic mass is 9.99. The van der Waals surface area contributed by atoms with Crippen LogP contribution < -0.4 is 10.8 Å². The molecule has 0 saturated carbocycles. The third kappa shape index (κ3) is 6.51. The van der Waals surface area contributed by atoms with Crippen molar-refractivity contribution in [1.82, 2.24) is 0 Å². The second-order valence-corrected chi connectivity index (χ2v) is 8.97. The van der Waals surface area contributed by atoms with Crippen molar-refractivity contribution in [3.05, 3.63) is 0 Å². The van der Waals surface area contributed by atoms with Crippen molar-refractivity contribution in [3.8, 4) is 0 Å². The summed E-state index contributed by atoms with van der Waals surface area (Å²) in [6.45, 7) is 11.3. The van der Waals surface area contributed by atoms with Gasteiger partial charge in [0, 0.05) is 5.92 Å². The third-order valence-electron chi connectivity index (χ3n) is 4.98. The molecule has 0 bridgehead atoms. The van der Waals surface area contributed by atoms with Gasteiger partial charge in [-0.3, -0.25) is 0 Å². The number of quaternary nitrogens is 1. The molecule has 0 amide bonds. The minimum atomic E-state index is -5.19. The number of fused-ring (bicyclic) bond motifs is 3. The molecular weight excluding hydrogens is 443 g/mol. The van der Waals surface area contributed by atoms with Crippen molar-refractivity contribution in [1.29, 1.82) is 0 Å². The molecule has 3 fully saturated rings. The van der Waals surface area contributed by atoms with Crippen molar-refractivity contribution in [2.75, 3.05) is 6.61 Å². The highest BCUT2D eigenvalue weighted by Gasteiger charge is 2.60. The summed E-state index contributed by atoms with van der Waals surface area (Å²) < 4.78 is 66.7. The van der Waals surface area contributed by atoms with E-state index in [2.05, 4.69) is 5.73 Å². The number of carbonyl (C=O) groups excluding carboxylic acids is 2. The van der Waals surface area contributed by atoms with Crippen molar-refractivity contribution in [2.45, 2.75) is 96.0 Å². The van der Waals surface area contributed by atoms with Crippen molar-refractivity contribution in [3.63, 3.8) is 0 Å². The van der Waals surface area contributed by atoms with Gasteiger partial charge >= 0.3 is 12.1 Å². The zero-order valence-corrected chi connectivity index (χ0v) is 18.8. The molecule has 3 aliphatic heterocycles. The Morgan fingerprint density at radius 2 is 1.47 bits per heavy atom. The van der Waals surface area contributed by atoms with Crippen LogP contribution in [0.3, 0.4) is 0 Å². The number of aliphatic carboxylic acids is 1. The second-order valence-electron chi connectivity index (χ2n) is 8.97. The van der Waals surface area contributed by atoms with E-state index in [9.17, 15) is 18.0 Å². The first kappa shape index (κ1) is 26.7. The SMILES string of the molecule is CC(C)[C@H]([NH3+])C(=O)OC[C@H]1O[C@@H]2OC(C)(C)O[C@@H]2[C@H]2OC(C)(C)O[C@H]21.O=C([O-])C(F)(F)F. The Hall–Kier alpha value is -1.51. The Morgan fingerprint density at radius 1 is 1.00 bits per heavy atom. The van der Waals surface area contributed by atoms with E-state index < -0.39 is 48.3 Å². The minimum absolute atomic E-state index is 0.0607. The molecule has 0 aromatic carbocycles. The maximum Gasteiger partial charge on any atom is 0.430 e. The van der Waals surface area contributed by atoms with Gasteiger partial charge in [0.2, 0.25) is 0 Å². The van der Waals surface area contributed by atoms with Crippen LogP contribution >= 0.6 is 0 Å². The summed E-state index contributed by atoms with van der Waals surface area (Å²) in [6.07, 6.45) is -7.40. The zero-order valence-electron chi connectivity index (χ0n) is 18.8. The predicted octanol–water partition coefficient (Wildman–Crippen LogP) is -0.509. The first-order valence-electron chi connectivity index (χ1n) is 10.1. The lowest BCUT2D eigenvalue weighted by Gasteiger charge is -2.36. The molecule has 10 nitrogen and oxygen atoms in total. The average Bonchev–Trinajstić information content (AvgIpc) is 3.12. The maximum absolute atomic E-state index is 12.1. The molecule has 0 unspecified atom stereocenters. The molecule has 0 aromatic rings. The van der Waals surface area contributed by atoms with E-state index in [1.165, 1.54) is 0 Å². The molecule has 0 radical (unpaired) electrons. The molecule has 0 spiro atoms. The number of rotatable bonds is 4. The van der Waals surface area contributed by atoms with Crippen molar-refractivity contribution in [2.24, 2.45) is 5.92 Å². The summed E-state index contributed by atoms with van der Waals surface area (Å²) in [6, 6.07) is -0.422. The summed E-state index contributed by atoms with van der Waals surface area (Å²) >= 11 is 0. The van der Waals surface area contributed by atoms with E-state index in [0.717, 1.165) is 0 Å². The van der Waals surface area contributed by atoms with Gasteiger partial charge in [0.05, 0.1) is 0 Å². The number of carboxylic acid groups (broad SMARTS) is 1. The molecule has 13 heteroatoms. The topological polar surface area (TPSA) is 140 Å². The normalized spacial score (nSPS) is 33.5. The number of esters is 1. The van der Waals surface area contributed by atoms with Crippen LogP contribution in [0.15, 0.2) is 0 Å². The first-order chi connectivity index (χ1) is 14.4. The number of carbonyl (C=O) groups is 2. The molecule has 3 heterocycles. The first-order valence-corrected chi connectivity index (χ1v) is 10.1. The van der Waals surface area contributed by atoms with Crippen LogP contribution in [0, 0.1) is 5.92 Å². The van der Waals surface area contributed by atoms with Gasteiger partial charge in [0.1, 0.15) is 37.0 Å². The van der Waals surface area contributed by atoms with Gasteiger partial charge in [0.25, 0.3) is 0 Å². The lowest BCUT2D eigenvalue weighted by molar-refractivity contribution is -0.419. The molecule has 3 N–H and O–H groups in total. The fourth-order valence-electron chi connectivity index (χ4n) is 3.37. The molecule has 3 saturated heterocycles. The largest absolute Gasteiger partial charge is 0.542 e. The van der Waals surface area contributed by atoms with E-state index in [1.54, 1.807) is 0 Å². The highest BCUT2D eigenvalue weighted by Crippen LogP contribution is 2.44. The minimum Gasteiger partial charge on any atom is -0.542 e. The van der Waals surface area contributed by atoms with Crippen LogP contribution in [0.2, 0.25) is 0 Å². The Bertz CT molecular complexity index is 698. The van der Waals surface area contributed by atoms with Crippen LogP contribution in [0.5, 0.6) is 0 Å². The molecule has 0 aliphatic carbocycles. The average molecular weight is 473 g/mol. The summed E-state index contributed by atoms with van der Waals surface area (Å²) in [7, 11) is 0. The van der Waals surface area contributed by atoms with Crippen molar-refractivity contribution >= 4 is 11.9 Å². The zero-order chi connectivity index (χ0) is 24.6. The number of alkyl halides is 3. The number of hydrogen-bond donors (Lipinski definition) is 1. The van der Waals surface area contributed by atoms with Gasteiger partial charge in [-0.05, 0) is 27.7 Å². The van der Waals surface area contributed by atoms with Crippen LogP contribution in [0.1, 0.15) is 41.5 Å². The monoisotopic (exact) mass is 473 g/mol. The molecule has 3 rings (SSSR count). The molecule has 0 aromatic heterocycles. The van der Waals surface area contributed by atoms with E-state index in [0.29, 0.717) is 0 Å². The molecular formula is C19H30F3NO9. The van der Waals surface area contributed by atoms with Gasteiger partial charge < -0.3 is 44.1 Å². The Kier molecular flexibility index (Phi) is 7.85. The quantitative estimate of drug-likeness (QED) is 0.535. The van der Waals surface area contributed by atoms with Gasteiger partial charge in [0.15, 0.2) is 23.9 Å². The highest BCUT2D eigenvalue weighted by atomic mass is 19.4. The Labute approximate surface area is 183 Å². The predicted molar refractivity (Wildman–Crippen MR) is 96.1 cm³/mol. The van der Waals surface area contributed by atoms with E-state index in [4.69, 9.17) is 38.3 Å². The van der Waals surface area contributed by atoms with Gasteiger partial charge in [-0.25, -0.2) is 4.79 Å². The van der Waals surface area contributed by atoms with Crippen LogP contribution in [-0.4, -0.2) is 73.0 Å². The van der Waals surface area contributed by atoms with Crippen LogP contribution in [0.4, 0.5) is 13.2 Å². The number of hydrogen-bond acceptors (Lipinski definition) is 9. The summed E-state index contributed by atoms with van der Waals surface area (Å²) in [5.74, 6) is -4.78. The fraction of sp³-hybridized carbons (Fsp3) is 0.895. The van der Waals surface area contributed by atoms with Gasteiger partial charge in [-0.2, -0.15) is 13.2 Å². The highest BCUT2D eigenvalue weighted by molar-refractivity contribution is 5.74. The van der Waals surface area contributed by atoms with Gasteiger partial charge in [-0.1, -0.05) is 13.8 Å². The lowest BCUT2D eigenvalue weighted by Crippen LogP contribution is -2.68. The maximum atomic E-state index is 12.1. The summed E-state index contributed by atoms with van der Waals surface area (Å²) in [4.78, 5) is 20.9.